The lowest BCUT2D eigenvalue weighted by atomic mass is 10.2. The molecule has 0 unspecified atom stereocenters. The number of aromatic nitrogens is 2. The Balaban J connectivity index is 1.34. The van der Waals surface area contributed by atoms with E-state index >= 15 is 0 Å². The zero-order valence-corrected chi connectivity index (χ0v) is 18.9. The fourth-order valence-corrected chi connectivity index (χ4v) is 3.49. The van der Waals surface area contributed by atoms with Crippen molar-refractivity contribution in [1.82, 2.24) is 20.2 Å². The number of nitrogens with one attached hydrogen (secondary N) is 2. The normalized spacial score (nSPS) is 10.5. The van der Waals surface area contributed by atoms with Crippen molar-refractivity contribution in [2.75, 3.05) is 6.61 Å². The van der Waals surface area contributed by atoms with E-state index in [1.54, 1.807) is 37.3 Å². The highest BCUT2D eigenvalue weighted by Gasteiger charge is 2.14. The molecule has 2 N–H and O–H groups in total. The second kappa shape index (κ2) is 10.4. The summed E-state index contributed by atoms with van der Waals surface area (Å²) in [6.45, 7) is 1.36. The van der Waals surface area contributed by atoms with Crippen molar-refractivity contribution in [2.45, 2.75) is 13.5 Å². The minimum Gasteiger partial charge on any atom is -0.452 e. The molecule has 0 radical (unpaired) electrons. The van der Waals surface area contributed by atoms with E-state index in [9.17, 15) is 19.2 Å². The molecule has 4 rings (SSSR count). The molecule has 0 saturated carbocycles. The van der Waals surface area contributed by atoms with Gasteiger partial charge in [0.15, 0.2) is 6.61 Å². The maximum atomic E-state index is 12.9. The molecule has 3 amide bonds. The molecule has 0 spiro atoms. The molecule has 1 aromatic heterocycles. The first-order valence-electron chi connectivity index (χ1n) is 10.8. The van der Waals surface area contributed by atoms with Crippen molar-refractivity contribution in [2.24, 2.45) is 0 Å². The number of ether oxygens (including phenoxy) is 1. The summed E-state index contributed by atoms with van der Waals surface area (Å²) in [5, 5.41) is 5.14. The highest BCUT2D eigenvalue weighted by Crippen LogP contribution is 2.14. The summed E-state index contributed by atoms with van der Waals surface area (Å²) in [6.07, 6.45) is 0. The molecular formula is C26H22N4O5. The number of urea groups is 1. The Morgan fingerprint density at radius 1 is 0.914 bits per heavy atom. The van der Waals surface area contributed by atoms with Crippen LogP contribution in [0.4, 0.5) is 4.79 Å². The van der Waals surface area contributed by atoms with Crippen LogP contribution in [0.25, 0.3) is 16.6 Å². The van der Waals surface area contributed by atoms with Crippen molar-refractivity contribution < 1.29 is 19.1 Å². The van der Waals surface area contributed by atoms with Crippen LogP contribution in [-0.4, -0.2) is 34.1 Å². The van der Waals surface area contributed by atoms with Gasteiger partial charge < -0.3 is 10.1 Å². The Morgan fingerprint density at radius 3 is 2.34 bits per heavy atom. The predicted molar refractivity (Wildman–Crippen MR) is 129 cm³/mol. The third-order valence-corrected chi connectivity index (χ3v) is 5.19. The molecule has 9 nitrogen and oxygen atoms in total. The summed E-state index contributed by atoms with van der Waals surface area (Å²) in [4.78, 5) is 53.5. The number of amides is 3. The van der Waals surface area contributed by atoms with Gasteiger partial charge >= 0.3 is 12.0 Å². The van der Waals surface area contributed by atoms with E-state index in [1.165, 1.54) is 16.7 Å². The standard InChI is InChI=1S/C26H22N4O5/c1-17-28-22-10-6-5-9-21(22)24(32)30(17)20-13-11-19(12-14-20)25(33)35-16-23(31)29-26(34)27-15-18-7-3-2-4-8-18/h2-14H,15-16H2,1H3,(H2,27,29,31,34). The van der Waals surface area contributed by atoms with E-state index in [0.29, 0.717) is 22.4 Å². The van der Waals surface area contributed by atoms with Gasteiger partial charge in [-0.05, 0) is 48.9 Å². The summed E-state index contributed by atoms with van der Waals surface area (Å²) < 4.78 is 6.45. The number of carbonyl (C=O) groups excluding carboxylic acids is 3. The fraction of sp³-hybridized carbons (Fsp3) is 0.115. The molecule has 176 valence electrons. The predicted octanol–water partition coefficient (Wildman–Crippen LogP) is 2.88. The van der Waals surface area contributed by atoms with E-state index in [0.717, 1.165) is 5.56 Å². The minimum atomic E-state index is -0.759. The van der Waals surface area contributed by atoms with Gasteiger partial charge in [-0.25, -0.2) is 14.6 Å². The van der Waals surface area contributed by atoms with Gasteiger partial charge in [0, 0.05) is 6.54 Å². The average molecular weight is 470 g/mol. The number of esters is 1. The molecular weight excluding hydrogens is 448 g/mol. The van der Waals surface area contributed by atoms with Crippen LogP contribution in [0.1, 0.15) is 21.7 Å². The molecule has 0 atom stereocenters. The van der Waals surface area contributed by atoms with Crippen LogP contribution in [-0.2, 0) is 16.1 Å². The van der Waals surface area contributed by atoms with Gasteiger partial charge in [0.05, 0.1) is 22.2 Å². The fourth-order valence-electron chi connectivity index (χ4n) is 3.49. The van der Waals surface area contributed by atoms with Crippen molar-refractivity contribution >= 4 is 28.8 Å². The van der Waals surface area contributed by atoms with Crippen molar-refractivity contribution in [3.63, 3.8) is 0 Å². The maximum Gasteiger partial charge on any atom is 0.338 e. The first-order valence-corrected chi connectivity index (χ1v) is 10.8. The highest BCUT2D eigenvalue weighted by molar-refractivity contribution is 5.97. The lowest BCUT2D eigenvalue weighted by Gasteiger charge is -2.11. The quantitative estimate of drug-likeness (QED) is 0.418. The third-order valence-electron chi connectivity index (χ3n) is 5.19. The molecule has 0 aliphatic heterocycles. The van der Waals surface area contributed by atoms with E-state index in [-0.39, 0.29) is 17.7 Å². The maximum absolute atomic E-state index is 12.9. The minimum absolute atomic E-state index is 0.189. The number of para-hydroxylation sites is 1. The van der Waals surface area contributed by atoms with E-state index < -0.39 is 24.5 Å². The zero-order valence-electron chi connectivity index (χ0n) is 18.9. The summed E-state index contributed by atoms with van der Waals surface area (Å²) in [5.74, 6) is -0.992. The third kappa shape index (κ3) is 5.59. The van der Waals surface area contributed by atoms with Crippen LogP contribution in [0.5, 0.6) is 0 Å². The van der Waals surface area contributed by atoms with Crippen LogP contribution in [0.2, 0.25) is 0 Å². The largest absolute Gasteiger partial charge is 0.452 e. The molecule has 0 bridgehead atoms. The number of benzene rings is 3. The average Bonchev–Trinajstić information content (AvgIpc) is 2.87. The number of nitrogens with zero attached hydrogens (tertiary/aromatic N) is 2. The second-order valence-electron chi connectivity index (χ2n) is 7.66. The first kappa shape index (κ1) is 23.4. The Morgan fingerprint density at radius 2 is 1.60 bits per heavy atom. The summed E-state index contributed by atoms with van der Waals surface area (Å²) >= 11 is 0. The van der Waals surface area contributed by atoms with E-state index in [2.05, 4.69) is 15.6 Å². The van der Waals surface area contributed by atoms with E-state index in [1.807, 2.05) is 36.4 Å². The number of fused-ring (bicyclic) bond motifs is 1. The highest BCUT2D eigenvalue weighted by atomic mass is 16.5. The van der Waals surface area contributed by atoms with Crippen molar-refractivity contribution in [1.29, 1.82) is 0 Å². The molecule has 0 aliphatic carbocycles. The second-order valence-corrected chi connectivity index (χ2v) is 7.66. The molecule has 0 fully saturated rings. The zero-order chi connectivity index (χ0) is 24.8. The Hall–Kier alpha value is -4.79. The van der Waals surface area contributed by atoms with Gasteiger partial charge in [0.2, 0.25) is 0 Å². The molecule has 0 aliphatic rings. The number of hydrogen-bond donors (Lipinski definition) is 2. The van der Waals surface area contributed by atoms with Crippen LogP contribution >= 0.6 is 0 Å². The van der Waals surface area contributed by atoms with Gasteiger partial charge in [-0.1, -0.05) is 42.5 Å². The summed E-state index contributed by atoms with van der Waals surface area (Å²) in [6, 6.07) is 21.8. The molecule has 1 heterocycles. The smallest absolute Gasteiger partial charge is 0.338 e. The topological polar surface area (TPSA) is 119 Å². The number of aryl methyl sites for hydroxylation is 1. The molecule has 35 heavy (non-hydrogen) atoms. The number of rotatable bonds is 6. The van der Waals surface area contributed by atoms with Gasteiger partial charge in [-0.3, -0.25) is 19.5 Å². The van der Waals surface area contributed by atoms with Crippen molar-refractivity contribution in [3.05, 3.63) is 106 Å². The summed E-state index contributed by atoms with van der Waals surface area (Å²) in [7, 11) is 0. The first-order chi connectivity index (χ1) is 16.9. The number of imide groups is 1. The lowest BCUT2D eigenvalue weighted by Crippen LogP contribution is -2.41. The van der Waals surface area contributed by atoms with Gasteiger partial charge in [0.1, 0.15) is 5.82 Å². The van der Waals surface area contributed by atoms with Gasteiger partial charge in [-0.2, -0.15) is 0 Å². The molecule has 9 heteroatoms. The Labute approximate surface area is 200 Å². The van der Waals surface area contributed by atoms with Crippen LogP contribution in [0, 0.1) is 6.92 Å². The summed E-state index contributed by atoms with van der Waals surface area (Å²) in [5.41, 5.74) is 2.00. The molecule has 3 aromatic carbocycles. The lowest BCUT2D eigenvalue weighted by molar-refractivity contribution is -0.123. The van der Waals surface area contributed by atoms with Gasteiger partial charge in [-0.15, -0.1) is 0 Å². The number of carbonyl (C=O) groups is 3. The molecule has 4 aromatic rings. The Bertz CT molecular complexity index is 1450. The van der Waals surface area contributed by atoms with Crippen LogP contribution in [0.15, 0.2) is 83.7 Å². The Kier molecular flexibility index (Phi) is 6.96. The SMILES string of the molecule is Cc1nc2ccccc2c(=O)n1-c1ccc(C(=O)OCC(=O)NC(=O)NCc2ccccc2)cc1. The van der Waals surface area contributed by atoms with Gasteiger partial charge in [0.25, 0.3) is 11.5 Å². The van der Waals surface area contributed by atoms with Crippen LogP contribution < -0.4 is 16.2 Å². The monoisotopic (exact) mass is 470 g/mol. The van der Waals surface area contributed by atoms with Crippen molar-refractivity contribution in [3.8, 4) is 5.69 Å². The molecule has 0 saturated heterocycles. The number of hydrogen-bond acceptors (Lipinski definition) is 6. The van der Waals surface area contributed by atoms with Crippen LogP contribution in [0.3, 0.4) is 0 Å². The van der Waals surface area contributed by atoms with E-state index in [4.69, 9.17) is 4.74 Å².